The number of amides is 1. The van der Waals surface area contributed by atoms with E-state index < -0.39 is 10.8 Å². The van der Waals surface area contributed by atoms with Gasteiger partial charge in [-0.1, -0.05) is 6.92 Å². The molecular formula is C11H22N2O2S. The molecule has 4 nitrogen and oxygen atoms in total. The molecule has 1 fully saturated rings. The van der Waals surface area contributed by atoms with E-state index in [9.17, 15) is 9.00 Å². The van der Waals surface area contributed by atoms with Crippen LogP contribution in [0.2, 0.25) is 0 Å². The Morgan fingerprint density at radius 1 is 1.56 bits per heavy atom. The highest BCUT2D eigenvalue weighted by molar-refractivity contribution is 7.84. The molecule has 2 atom stereocenters. The van der Waals surface area contributed by atoms with Crippen LogP contribution in [0.15, 0.2) is 0 Å². The first kappa shape index (κ1) is 13.6. The lowest BCUT2D eigenvalue weighted by molar-refractivity contribution is -0.130. The van der Waals surface area contributed by atoms with E-state index in [1.807, 2.05) is 0 Å². The van der Waals surface area contributed by atoms with Gasteiger partial charge < -0.3 is 10.6 Å². The van der Waals surface area contributed by atoms with E-state index in [2.05, 4.69) is 17.6 Å². The lowest BCUT2D eigenvalue weighted by Crippen LogP contribution is -2.42. The second-order valence-corrected chi connectivity index (χ2v) is 6.00. The van der Waals surface area contributed by atoms with Crippen molar-refractivity contribution >= 4 is 16.7 Å². The van der Waals surface area contributed by atoms with Gasteiger partial charge in [-0.3, -0.25) is 9.00 Å². The van der Waals surface area contributed by atoms with Gasteiger partial charge in [-0.15, -0.1) is 0 Å². The molecule has 0 aromatic heterocycles. The molecule has 0 aliphatic carbocycles. The summed E-state index contributed by atoms with van der Waals surface area (Å²) in [5.41, 5.74) is -0.203. The number of nitrogens with one attached hydrogen (secondary N) is 2. The van der Waals surface area contributed by atoms with Crippen molar-refractivity contribution in [3.8, 4) is 0 Å². The van der Waals surface area contributed by atoms with Crippen molar-refractivity contribution in [3.05, 3.63) is 0 Å². The summed E-state index contributed by atoms with van der Waals surface area (Å²) in [7, 11) is -0.758. The second kappa shape index (κ2) is 6.35. The second-order valence-electron chi connectivity index (χ2n) is 4.45. The van der Waals surface area contributed by atoms with Crippen LogP contribution in [-0.4, -0.2) is 41.8 Å². The van der Waals surface area contributed by atoms with Gasteiger partial charge in [-0.05, 0) is 25.8 Å². The van der Waals surface area contributed by atoms with E-state index in [1.54, 1.807) is 6.26 Å². The molecule has 0 aromatic rings. The minimum atomic E-state index is -0.758. The van der Waals surface area contributed by atoms with Gasteiger partial charge in [-0.25, -0.2) is 0 Å². The van der Waals surface area contributed by atoms with Crippen LogP contribution in [0, 0.1) is 5.41 Å². The van der Waals surface area contributed by atoms with Crippen molar-refractivity contribution in [1.82, 2.24) is 10.6 Å². The van der Waals surface area contributed by atoms with E-state index in [-0.39, 0.29) is 11.3 Å². The number of hydrogen-bond acceptors (Lipinski definition) is 3. The molecule has 0 bridgehead atoms. The van der Waals surface area contributed by atoms with Crippen molar-refractivity contribution in [2.24, 2.45) is 5.41 Å². The van der Waals surface area contributed by atoms with Gasteiger partial charge in [0.1, 0.15) is 0 Å². The molecule has 5 heteroatoms. The lowest BCUT2D eigenvalue weighted by atomic mass is 9.83. The van der Waals surface area contributed by atoms with Crippen LogP contribution in [0.5, 0.6) is 0 Å². The molecule has 1 heterocycles. The van der Waals surface area contributed by atoms with E-state index in [0.29, 0.717) is 12.3 Å². The maximum Gasteiger partial charge on any atom is 0.227 e. The summed E-state index contributed by atoms with van der Waals surface area (Å²) in [6.45, 7) is 4.42. The highest BCUT2D eigenvalue weighted by Gasteiger charge is 2.38. The summed E-state index contributed by atoms with van der Waals surface area (Å²) in [5, 5.41) is 6.20. The van der Waals surface area contributed by atoms with Crippen molar-refractivity contribution < 1.29 is 9.00 Å². The number of hydrogen-bond donors (Lipinski definition) is 2. The predicted octanol–water partition coefficient (Wildman–Crippen LogP) is 0.261. The summed E-state index contributed by atoms with van der Waals surface area (Å²) in [5.74, 6) is 0.819. The quantitative estimate of drug-likeness (QED) is 0.661. The van der Waals surface area contributed by atoms with Crippen LogP contribution in [0.1, 0.15) is 26.2 Å². The summed E-state index contributed by atoms with van der Waals surface area (Å²) >= 11 is 0. The molecule has 1 saturated heterocycles. The third-order valence-electron chi connectivity index (χ3n) is 3.30. The molecule has 1 rings (SSSR count). The fourth-order valence-corrected chi connectivity index (χ4v) is 2.62. The molecule has 0 radical (unpaired) electrons. The van der Waals surface area contributed by atoms with Crippen molar-refractivity contribution in [2.45, 2.75) is 26.2 Å². The van der Waals surface area contributed by atoms with Crippen LogP contribution in [-0.2, 0) is 15.6 Å². The Labute approximate surface area is 100 Å². The zero-order chi connectivity index (χ0) is 12.0. The van der Waals surface area contributed by atoms with Gasteiger partial charge in [0.2, 0.25) is 5.91 Å². The van der Waals surface area contributed by atoms with Gasteiger partial charge in [0, 0.05) is 35.9 Å². The Balaban J connectivity index is 2.30. The van der Waals surface area contributed by atoms with Gasteiger partial charge in [-0.2, -0.15) is 0 Å². The highest BCUT2D eigenvalue weighted by atomic mass is 32.2. The van der Waals surface area contributed by atoms with E-state index in [1.165, 1.54) is 0 Å². The Bertz CT molecular complexity index is 263. The molecule has 2 unspecified atom stereocenters. The Morgan fingerprint density at radius 3 is 2.81 bits per heavy atom. The average molecular weight is 246 g/mol. The first-order valence-electron chi connectivity index (χ1n) is 5.90. The molecule has 0 saturated carbocycles. The highest BCUT2D eigenvalue weighted by Crippen LogP contribution is 2.29. The summed E-state index contributed by atoms with van der Waals surface area (Å²) < 4.78 is 10.9. The third-order valence-corrected chi connectivity index (χ3v) is 4.16. The lowest BCUT2D eigenvalue weighted by Gasteiger charge is -2.25. The fourth-order valence-electron chi connectivity index (χ4n) is 2.06. The van der Waals surface area contributed by atoms with Crippen molar-refractivity contribution in [3.63, 3.8) is 0 Å². The molecule has 1 amide bonds. The molecule has 94 valence electrons. The normalized spacial score (nSPS) is 26.6. The van der Waals surface area contributed by atoms with Crippen molar-refractivity contribution in [2.75, 3.05) is 31.6 Å². The van der Waals surface area contributed by atoms with Crippen LogP contribution < -0.4 is 10.6 Å². The van der Waals surface area contributed by atoms with Crippen molar-refractivity contribution in [1.29, 1.82) is 0 Å². The molecule has 0 aromatic carbocycles. The zero-order valence-electron chi connectivity index (χ0n) is 10.2. The van der Waals surface area contributed by atoms with E-state index in [4.69, 9.17) is 0 Å². The molecule has 16 heavy (non-hydrogen) atoms. The van der Waals surface area contributed by atoms with Gasteiger partial charge in [0.15, 0.2) is 0 Å². The van der Waals surface area contributed by atoms with Gasteiger partial charge in [0.25, 0.3) is 0 Å². The summed E-state index contributed by atoms with van der Waals surface area (Å²) in [6.07, 6.45) is 4.29. The van der Waals surface area contributed by atoms with Gasteiger partial charge >= 0.3 is 0 Å². The maximum atomic E-state index is 12.0. The smallest absolute Gasteiger partial charge is 0.227 e. The molecule has 0 spiro atoms. The third kappa shape index (κ3) is 3.56. The molecule has 1 aliphatic heterocycles. The zero-order valence-corrected chi connectivity index (χ0v) is 11.0. The average Bonchev–Trinajstić information content (AvgIpc) is 2.73. The first-order chi connectivity index (χ1) is 7.60. The van der Waals surface area contributed by atoms with Crippen LogP contribution in [0.3, 0.4) is 0 Å². The monoisotopic (exact) mass is 246 g/mol. The number of carbonyl (C=O) groups is 1. The summed E-state index contributed by atoms with van der Waals surface area (Å²) in [4.78, 5) is 12.0. The van der Waals surface area contributed by atoms with E-state index >= 15 is 0 Å². The molecular weight excluding hydrogens is 224 g/mol. The Morgan fingerprint density at radius 2 is 2.31 bits per heavy atom. The topological polar surface area (TPSA) is 58.2 Å². The largest absolute Gasteiger partial charge is 0.356 e. The Hall–Kier alpha value is -0.420. The SMILES string of the molecule is CCC1(C(=O)NCCCS(C)=O)CCNC1. The minimum Gasteiger partial charge on any atom is -0.356 e. The number of rotatable bonds is 6. The van der Waals surface area contributed by atoms with Crippen LogP contribution >= 0.6 is 0 Å². The maximum absolute atomic E-state index is 12.0. The molecule has 1 aliphatic rings. The first-order valence-corrected chi connectivity index (χ1v) is 7.62. The van der Waals surface area contributed by atoms with Gasteiger partial charge in [0.05, 0.1) is 5.41 Å². The minimum absolute atomic E-state index is 0.155. The van der Waals surface area contributed by atoms with Crippen LogP contribution in [0.4, 0.5) is 0 Å². The fraction of sp³-hybridized carbons (Fsp3) is 0.909. The van der Waals surface area contributed by atoms with E-state index in [0.717, 1.165) is 32.4 Å². The molecule has 2 N–H and O–H groups in total. The standard InChI is InChI=1S/C11H22N2O2S/c1-3-11(5-7-12-9-11)10(14)13-6-4-8-16(2)15/h12H,3-9H2,1-2H3,(H,13,14). The summed E-state index contributed by atoms with van der Waals surface area (Å²) in [6, 6.07) is 0. The van der Waals surface area contributed by atoms with Crippen LogP contribution in [0.25, 0.3) is 0 Å². The predicted molar refractivity (Wildman–Crippen MR) is 66.8 cm³/mol. The Kier molecular flexibility index (Phi) is 5.41. The number of carbonyl (C=O) groups excluding carboxylic acids is 1.